The number of rotatable bonds is 5. The van der Waals surface area contributed by atoms with E-state index in [0.29, 0.717) is 6.07 Å². The monoisotopic (exact) mass is 317 g/mol. The van der Waals surface area contributed by atoms with E-state index in [4.69, 9.17) is 0 Å². The van der Waals surface area contributed by atoms with Gasteiger partial charge in [-0.2, -0.15) is 4.39 Å². The van der Waals surface area contributed by atoms with Crippen molar-refractivity contribution >= 4 is 11.8 Å². The second-order valence-electron chi connectivity index (χ2n) is 4.39. The van der Waals surface area contributed by atoms with Crippen molar-refractivity contribution in [3.63, 3.8) is 0 Å². The van der Waals surface area contributed by atoms with Crippen LogP contribution in [0, 0.1) is 17.5 Å². The number of halogens is 3. The van der Waals surface area contributed by atoms with Gasteiger partial charge in [-0.05, 0) is 6.07 Å². The summed E-state index contributed by atoms with van der Waals surface area (Å²) in [6.45, 7) is 0. The lowest BCUT2D eigenvalue weighted by Crippen LogP contribution is -2.20. The Morgan fingerprint density at radius 2 is 1.73 bits per heavy atom. The molecule has 1 rings (SSSR count). The first-order valence-electron chi connectivity index (χ1n) is 5.97. The van der Waals surface area contributed by atoms with Crippen molar-refractivity contribution in [2.24, 2.45) is 0 Å². The van der Waals surface area contributed by atoms with Crippen molar-refractivity contribution in [2.75, 3.05) is 28.3 Å². The molecule has 0 amide bonds. The number of methoxy groups -OCH3 is 2. The molecule has 0 aliphatic carbocycles. The fraction of sp³-hybridized carbons (Fsp3) is 0.286. The lowest BCUT2D eigenvalue weighted by atomic mass is 10.0. The van der Waals surface area contributed by atoms with Gasteiger partial charge < -0.3 is 14.4 Å². The van der Waals surface area contributed by atoms with Gasteiger partial charge in [-0.1, -0.05) is 0 Å². The molecule has 8 heteroatoms. The third-order valence-electron chi connectivity index (χ3n) is 2.60. The van der Waals surface area contributed by atoms with Crippen LogP contribution in [-0.4, -0.2) is 45.0 Å². The van der Waals surface area contributed by atoms with Crippen LogP contribution in [0.3, 0.4) is 0 Å². The molecule has 5 nitrogen and oxygen atoms in total. The predicted octanol–water partition coefficient (Wildman–Crippen LogP) is 1.91. The molecule has 22 heavy (non-hydrogen) atoms. The first-order chi connectivity index (χ1) is 10.2. The number of hydrogen-bond acceptors (Lipinski definition) is 5. The van der Waals surface area contributed by atoms with Gasteiger partial charge in [0.05, 0.1) is 19.8 Å². The number of hydrogen-bond donors (Lipinski definition) is 0. The van der Waals surface area contributed by atoms with Gasteiger partial charge in [0.1, 0.15) is 5.57 Å². The number of ketones is 1. The van der Waals surface area contributed by atoms with E-state index < -0.39 is 46.1 Å². The maximum atomic E-state index is 14.1. The van der Waals surface area contributed by atoms with Crippen LogP contribution in [-0.2, 0) is 9.53 Å². The number of carbonyl (C=O) groups is 2. The maximum absolute atomic E-state index is 14.1. The fourth-order valence-electron chi connectivity index (χ4n) is 1.64. The molecule has 0 radical (unpaired) electrons. The highest BCUT2D eigenvalue weighted by atomic mass is 19.2. The molecule has 0 unspecified atom stereocenters. The summed E-state index contributed by atoms with van der Waals surface area (Å²) in [6, 6.07) is 0.363. The summed E-state index contributed by atoms with van der Waals surface area (Å²) in [4.78, 5) is 25.2. The quantitative estimate of drug-likeness (QED) is 0.207. The summed E-state index contributed by atoms with van der Waals surface area (Å²) < 4.78 is 49.8. The topological polar surface area (TPSA) is 55.8 Å². The lowest BCUT2D eigenvalue weighted by Gasteiger charge is -2.12. The molecule has 1 aromatic rings. The van der Waals surface area contributed by atoms with Crippen molar-refractivity contribution in [3.05, 3.63) is 40.9 Å². The molecule has 120 valence electrons. The van der Waals surface area contributed by atoms with E-state index in [2.05, 4.69) is 9.47 Å². The third kappa shape index (κ3) is 3.38. The van der Waals surface area contributed by atoms with Crippen molar-refractivity contribution in [1.29, 1.82) is 0 Å². The Bertz CT molecular complexity index is 641. The van der Waals surface area contributed by atoms with Crippen molar-refractivity contribution in [3.8, 4) is 5.75 Å². The van der Waals surface area contributed by atoms with Crippen LogP contribution in [0.25, 0.3) is 0 Å². The molecule has 0 spiro atoms. The zero-order chi connectivity index (χ0) is 17.0. The minimum atomic E-state index is -1.56. The van der Waals surface area contributed by atoms with E-state index in [-0.39, 0.29) is 0 Å². The van der Waals surface area contributed by atoms with Crippen LogP contribution in [0.5, 0.6) is 5.75 Å². The zero-order valence-corrected chi connectivity index (χ0v) is 12.4. The van der Waals surface area contributed by atoms with E-state index in [9.17, 15) is 22.8 Å². The molecule has 0 heterocycles. The molecule has 0 N–H and O–H groups in total. The van der Waals surface area contributed by atoms with Crippen LogP contribution >= 0.6 is 0 Å². The molecule has 0 atom stereocenters. The number of Topliss-reactive ketones (excluding diaryl/α,β-unsaturated/α-hetero) is 1. The van der Waals surface area contributed by atoms with E-state index in [1.165, 1.54) is 19.0 Å². The number of ether oxygens (including phenoxy) is 2. The Labute approximate surface area is 124 Å². The fourth-order valence-corrected chi connectivity index (χ4v) is 1.64. The first kappa shape index (κ1) is 17.5. The Balaban J connectivity index is 3.50. The minimum absolute atomic E-state index is 0.363. The van der Waals surface area contributed by atoms with Gasteiger partial charge >= 0.3 is 5.97 Å². The predicted molar refractivity (Wildman–Crippen MR) is 71.0 cm³/mol. The number of esters is 1. The van der Waals surface area contributed by atoms with Crippen LogP contribution in [0.2, 0.25) is 0 Å². The van der Waals surface area contributed by atoms with Crippen molar-refractivity contribution < 1.29 is 32.2 Å². The van der Waals surface area contributed by atoms with Crippen molar-refractivity contribution in [1.82, 2.24) is 4.90 Å². The van der Waals surface area contributed by atoms with E-state index in [1.54, 1.807) is 0 Å². The Morgan fingerprint density at radius 1 is 1.14 bits per heavy atom. The summed E-state index contributed by atoms with van der Waals surface area (Å²) in [7, 11) is 4.98. The SMILES string of the molecule is COC(=O)/C(=C\N(C)C)C(=O)c1cc(F)c(F)c(OC)c1F. The molecule has 0 aromatic heterocycles. The number of benzene rings is 1. The van der Waals surface area contributed by atoms with Gasteiger partial charge in [-0.3, -0.25) is 4.79 Å². The highest BCUT2D eigenvalue weighted by Gasteiger charge is 2.28. The molecule has 1 aromatic carbocycles. The average Bonchev–Trinajstić information content (AvgIpc) is 2.47. The largest absolute Gasteiger partial charge is 0.491 e. The second kappa shape index (κ2) is 6.97. The van der Waals surface area contributed by atoms with Gasteiger partial charge in [0, 0.05) is 20.3 Å². The summed E-state index contributed by atoms with van der Waals surface area (Å²) in [6.07, 6.45) is 1.08. The molecule has 0 bridgehead atoms. The van der Waals surface area contributed by atoms with Gasteiger partial charge in [-0.25, -0.2) is 13.6 Å². The summed E-state index contributed by atoms with van der Waals surface area (Å²) in [5.41, 5.74) is -1.38. The van der Waals surface area contributed by atoms with Crippen LogP contribution in [0.1, 0.15) is 10.4 Å². The van der Waals surface area contributed by atoms with E-state index in [0.717, 1.165) is 20.4 Å². The normalized spacial score (nSPS) is 11.1. The number of nitrogens with zero attached hydrogens (tertiary/aromatic N) is 1. The molecular weight excluding hydrogens is 303 g/mol. The zero-order valence-electron chi connectivity index (χ0n) is 12.4. The molecule has 0 saturated carbocycles. The van der Waals surface area contributed by atoms with Gasteiger partial charge in [0.2, 0.25) is 11.6 Å². The van der Waals surface area contributed by atoms with Crippen LogP contribution in [0.15, 0.2) is 17.8 Å². The van der Waals surface area contributed by atoms with E-state index >= 15 is 0 Å². The second-order valence-corrected chi connectivity index (χ2v) is 4.39. The third-order valence-corrected chi connectivity index (χ3v) is 2.60. The van der Waals surface area contributed by atoms with Crippen molar-refractivity contribution in [2.45, 2.75) is 0 Å². The van der Waals surface area contributed by atoms with Gasteiger partial charge in [-0.15, -0.1) is 0 Å². The summed E-state index contributed by atoms with van der Waals surface area (Å²) >= 11 is 0. The average molecular weight is 317 g/mol. The van der Waals surface area contributed by atoms with Crippen LogP contribution in [0.4, 0.5) is 13.2 Å². The maximum Gasteiger partial charge on any atom is 0.343 e. The number of carbonyl (C=O) groups excluding carboxylic acids is 2. The highest BCUT2D eigenvalue weighted by Crippen LogP contribution is 2.28. The van der Waals surface area contributed by atoms with Gasteiger partial charge in [0.25, 0.3) is 0 Å². The van der Waals surface area contributed by atoms with Gasteiger partial charge in [0.15, 0.2) is 17.4 Å². The molecule has 0 fully saturated rings. The standard InChI is InChI=1S/C14H14F3NO4/c1-18(2)6-8(14(20)22-4)12(19)7-5-9(15)11(17)13(21-3)10(7)16/h5-6H,1-4H3/b8-6-. The molecule has 0 aliphatic rings. The van der Waals surface area contributed by atoms with E-state index in [1.807, 2.05) is 0 Å². The smallest absolute Gasteiger partial charge is 0.343 e. The molecule has 0 aliphatic heterocycles. The highest BCUT2D eigenvalue weighted by molar-refractivity contribution is 6.24. The Kier molecular flexibility index (Phi) is 5.56. The molecule has 0 saturated heterocycles. The lowest BCUT2D eigenvalue weighted by molar-refractivity contribution is -0.135. The minimum Gasteiger partial charge on any atom is -0.491 e. The Morgan fingerprint density at radius 3 is 2.18 bits per heavy atom. The summed E-state index contributed by atoms with van der Waals surface area (Å²) in [5, 5.41) is 0. The summed E-state index contributed by atoms with van der Waals surface area (Å²) in [5.74, 6) is -7.68. The van der Waals surface area contributed by atoms with Crippen LogP contribution < -0.4 is 4.74 Å². The first-order valence-corrected chi connectivity index (χ1v) is 5.97. The Hall–Kier alpha value is -2.51. The molecular formula is C14H14F3NO4.